The summed E-state index contributed by atoms with van der Waals surface area (Å²) >= 11 is 1.62. The number of amides is 1. The van der Waals surface area contributed by atoms with Gasteiger partial charge in [-0.05, 0) is 11.1 Å². The molecule has 1 aromatic heterocycles. The zero-order chi connectivity index (χ0) is 18.5. The third-order valence-corrected chi connectivity index (χ3v) is 5.62. The van der Waals surface area contributed by atoms with E-state index in [1.54, 1.807) is 11.3 Å². The van der Waals surface area contributed by atoms with Crippen LogP contribution >= 0.6 is 11.3 Å². The topological polar surface area (TPSA) is 42.4 Å². The number of morpholine rings is 1. The van der Waals surface area contributed by atoms with Crippen LogP contribution in [0.25, 0.3) is 0 Å². The van der Waals surface area contributed by atoms with Gasteiger partial charge in [-0.25, -0.2) is 4.98 Å². The number of rotatable bonds is 5. The van der Waals surface area contributed by atoms with E-state index in [2.05, 4.69) is 29.2 Å². The van der Waals surface area contributed by atoms with Gasteiger partial charge in [0.05, 0.1) is 30.3 Å². The highest BCUT2D eigenvalue weighted by Crippen LogP contribution is 2.23. The summed E-state index contributed by atoms with van der Waals surface area (Å²) in [4.78, 5) is 19.3. The van der Waals surface area contributed by atoms with Gasteiger partial charge in [0.25, 0.3) is 0 Å². The first kappa shape index (κ1) is 17.9. The molecule has 4 nitrogen and oxygen atoms in total. The molecule has 2 aromatic carbocycles. The molecule has 1 fully saturated rings. The van der Waals surface area contributed by atoms with Crippen molar-refractivity contribution in [1.29, 1.82) is 0 Å². The number of carbonyl (C=O) groups is 1. The van der Waals surface area contributed by atoms with Gasteiger partial charge in [0.15, 0.2) is 0 Å². The predicted octanol–water partition coefficient (Wildman–Crippen LogP) is 3.88. The van der Waals surface area contributed by atoms with E-state index < -0.39 is 0 Å². The summed E-state index contributed by atoms with van der Waals surface area (Å²) in [5.41, 5.74) is 3.22. The van der Waals surface area contributed by atoms with Crippen LogP contribution in [0.15, 0.2) is 66.0 Å². The molecular formula is C22H22N2O2S. The highest BCUT2D eigenvalue weighted by Gasteiger charge is 2.25. The Labute approximate surface area is 163 Å². The summed E-state index contributed by atoms with van der Waals surface area (Å²) < 4.78 is 5.86. The Hall–Kier alpha value is -2.50. The second-order valence-electron chi connectivity index (χ2n) is 6.68. The minimum atomic E-state index is -0.0482. The van der Waals surface area contributed by atoms with Crippen LogP contribution in [0.3, 0.4) is 0 Å². The van der Waals surface area contributed by atoms with E-state index in [4.69, 9.17) is 4.74 Å². The Balaban J connectivity index is 1.36. The van der Waals surface area contributed by atoms with Crippen molar-refractivity contribution < 1.29 is 9.53 Å². The first-order valence-corrected chi connectivity index (χ1v) is 10.1. The predicted molar refractivity (Wildman–Crippen MR) is 107 cm³/mol. The highest BCUT2D eigenvalue weighted by atomic mass is 32.1. The van der Waals surface area contributed by atoms with Crippen LogP contribution < -0.4 is 0 Å². The molecule has 27 heavy (non-hydrogen) atoms. The standard InChI is InChI=1S/C22H22N2O2S/c25-22(24-11-12-26-20(15-24)18-9-5-2-6-10-18)14-19-16-27-21(23-19)13-17-7-3-1-4-8-17/h1-10,16,20H,11-15H2/t20-/m1/s1. The molecular weight excluding hydrogens is 356 g/mol. The minimum absolute atomic E-state index is 0.0482. The van der Waals surface area contributed by atoms with Crippen LogP contribution in [0.2, 0.25) is 0 Å². The van der Waals surface area contributed by atoms with Crippen molar-refractivity contribution in [2.45, 2.75) is 18.9 Å². The monoisotopic (exact) mass is 378 g/mol. The quantitative estimate of drug-likeness (QED) is 0.677. The maximum absolute atomic E-state index is 12.7. The van der Waals surface area contributed by atoms with E-state index in [1.807, 2.05) is 46.7 Å². The number of thiazole rings is 1. The Morgan fingerprint density at radius 3 is 2.63 bits per heavy atom. The molecule has 4 rings (SSSR count). The zero-order valence-corrected chi connectivity index (χ0v) is 15.9. The lowest BCUT2D eigenvalue weighted by atomic mass is 10.1. The van der Waals surface area contributed by atoms with E-state index in [0.717, 1.165) is 22.7 Å². The van der Waals surface area contributed by atoms with Gasteiger partial charge in [0.2, 0.25) is 5.91 Å². The molecule has 0 bridgehead atoms. The van der Waals surface area contributed by atoms with Gasteiger partial charge in [0, 0.05) is 18.3 Å². The molecule has 1 amide bonds. The number of nitrogens with zero attached hydrogens (tertiary/aromatic N) is 2. The molecule has 1 atom stereocenters. The van der Waals surface area contributed by atoms with Crippen LogP contribution in [-0.4, -0.2) is 35.5 Å². The largest absolute Gasteiger partial charge is 0.370 e. The summed E-state index contributed by atoms with van der Waals surface area (Å²) in [6.07, 6.45) is 1.12. The first-order chi connectivity index (χ1) is 13.3. The van der Waals surface area contributed by atoms with E-state index in [9.17, 15) is 4.79 Å². The fourth-order valence-electron chi connectivity index (χ4n) is 3.29. The molecule has 5 heteroatoms. The lowest BCUT2D eigenvalue weighted by molar-refractivity contribution is -0.138. The van der Waals surface area contributed by atoms with Crippen molar-refractivity contribution in [3.05, 3.63) is 87.9 Å². The average Bonchev–Trinajstić information content (AvgIpc) is 3.16. The number of hydrogen-bond donors (Lipinski definition) is 0. The number of benzene rings is 2. The van der Waals surface area contributed by atoms with Gasteiger partial charge < -0.3 is 9.64 Å². The molecule has 0 unspecified atom stereocenters. The molecule has 1 aliphatic rings. The molecule has 0 N–H and O–H groups in total. The van der Waals surface area contributed by atoms with Gasteiger partial charge in [-0.1, -0.05) is 60.7 Å². The minimum Gasteiger partial charge on any atom is -0.370 e. The van der Waals surface area contributed by atoms with Crippen LogP contribution in [-0.2, 0) is 22.4 Å². The SMILES string of the molecule is O=C(Cc1csc(Cc2ccccc2)n1)N1CCO[C@@H](c2ccccc2)C1. The maximum Gasteiger partial charge on any atom is 0.228 e. The third kappa shape index (κ3) is 4.62. The zero-order valence-electron chi connectivity index (χ0n) is 15.1. The number of ether oxygens (including phenoxy) is 1. The van der Waals surface area contributed by atoms with E-state index in [0.29, 0.717) is 26.1 Å². The fraction of sp³-hybridized carbons (Fsp3) is 0.273. The van der Waals surface area contributed by atoms with Crippen molar-refractivity contribution in [3.63, 3.8) is 0 Å². The Kier molecular flexibility index (Phi) is 5.61. The molecule has 3 aromatic rings. The second kappa shape index (κ2) is 8.46. The van der Waals surface area contributed by atoms with Crippen molar-refractivity contribution in [3.8, 4) is 0 Å². The number of hydrogen-bond acceptors (Lipinski definition) is 4. The molecule has 1 aliphatic heterocycles. The van der Waals surface area contributed by atoms with E-state index >= 15 is 0 Å². The van der Waals surface area contributed by atoms with Crippen molar-refractivity contribution in [2.75, 3.05) is 19.7 Å². The fourth-order valence-corrected chi connectivity index (χ4v) is 4.12. The van der Waals surface area contributed by atoms with E-state index in [-0.39, 0.29) is 12.0 Å². The van der Waals surface area contributed by atoms with Gasteiger partial charge in [-0.15, -0.1) is 11.3 Å². The van der Waals surface area contributed by atoms with Gasteiger partial charge in [-0.3, -0.25) is 4.79 Å². The van der Waals surface area contributed by atoms with Crippen LogP contribution in [0, 0.1) is 0 Å². The molecule has 1 saturated heterocycles. The first-order valence-electron chi connectivity index (χ1n) is 9.19. The molecule has 138 valence electrons. The molecule has 0 spiro atoms. The Bertz CT molecular complexity index is 880. The van der Waals surface area contributed by atoms with E-state index in [1.165, 1.54) is 5.56 Å². The van der Waals surface area contributed by atoms with Gasteiger partial charge in [-0.2, -0.15) is 0 Å². The lowest BCUT2D eigenvalue weighted by Gasteiger charge is -2.33. The van der Waals surface area contributed by atoms with Crippen molar-refractivity contribution in [1.82, 2.24) is 9.88 Å². The lowest BCUT2D eigenvalue weighted by Crippen LogP contribution is -2.43. The highest BCUT2D eigenvalue weighted by molar-refractivity contribution is 7.09. The molecule has 0 aliphatic carbocycles. The van der Waals surface area contributed by atoms with Crippen molar-refractivity contribution in [2.24, 2.45) is 0 Å². The Morgan fingerprint density at radius 2 is 1.85 bits per heavy atom. The Morgan fingerprint density at radius 1 is 1.11 bits per heavy atom. The maximum atomic E-state index is 12.7. The number of carbonyl (C=O) groups excluding carboxylic acids is 1. The van der Waals surface area contributed by atoms with Crippen molar-refractivity contribution >= 4 is 17.2 Å². The normalized spacial score (nSPS) is 17.0. The molecule has 2 heterocycles. The van der Waals surface area contributed by atoms with Gasteiger partial charge in [0.1, 0.15) is 6.10 Å². The smallest absolute Gasteiger partial charge is 0.228 e. The molecule has 0 radical (unpaired) electrons. The summed E-state index contributed by atoms with van der Waals surface area (Å²) in [5.74, 6) is 0.121. The van der Waals surface area contributed by atoms with Gasteiger partial charge >= 0.3 is 0 Å². The second-order valence-corrected chi connectivity index (χ2v) is 7.62. The third-order valence-electron chi connectivity index (χ3n) is 4.72. The summed E-state index contributed by atoms with van der Waals surface area (Å²) in [7, 11) is 0. The number of aromatic nitrogens is 1. The van der Waals surface area contributed by atoms with Crippen LogP contribution in [0.4, 0.5) is 0 Å². The van der Waals surface area contributed by atoms with Crippen LogP contribution in [0.5, 0.6) is 0 Å². The molecule has 0 saturated carbocycles. The van der Waals surface area contributed by atoms with Crippen LogP contribution in [0.1, 0.15) is 27.9 Å². The summed E-state index contributed by atoms with van der Waals surface area (Å²) in [6, 6.07) is 20.4. The summed E-state index contributed by atoms with van der Waals surface area (Å²) in [5, 5.41) is 3.05. The summed E-state index contributed by atoms with van der Waals surface area (Å²) in [6.45, 7) is 1.81. The average molecular weight is 378 g/mol.